The number of aromatic amines is 1. The van der Waals surface area contributed by atoms with Crippen LogP contribution >= 0.6 is 0 Å². The average molecular weight is 625 g/mol. The lowest BCUT2D eigenvalue weighted by Gasteiger charge is -2.37. The van der Waals surface area contributed by atoms with Gasteiger partial charge in [-0.25, -0.2) is 19.7 Å². The largest absolute Gasteiger partial charge is 0.444 e. The number of alkyl halides is 3. The molecule has 6 rings (SSSR count). The first-order valence-corrected chi connectivity index (χ1v) is 15.5. The van der Waals surface area contributed by atoms with Gasteiger partial charge in [-0.1, -0.05) is 0 Å². The minimum atomic E-state index is -4.35. The molecule has 0 aliphatic carbocycles. The summed E-state index contributed by atoms with van der Waals surface area (Å²) >= 11 is 0. The number of pyridine rings is 1. The van der Waals surface area contributed by atoms with Gasteiger partial charge in [0.1, 0.15) is 23.5 Å². The Morgan fingerprint density at radius 2 is 1.67 bits per heavy atom. The van der Waals surface area contributed by atoms with Crippen LogP contribution in [-0.4, -0.2) is 78.7 Å². The second kappa shape index (κ2) is 12.3. The number of halogens is 3. The van der Waals surface area contributed by atoms with E-state index in [1.807, 2.05) is 37.8 Å². The number of H-pyrrole nitrogens is 1. The highest BCUT2D eigenvalue weighted by molar-refractivity contribution is 5.91. The van der Waals surface area contributed by atoms with Crippen LogP contribution in [0, 0.1) is 11.8 Å². The van der Waals surface area contributed by atoms with E-state index in [-0.39, 0.29) is 6.09 Å². The van der Waals surface area contributed by atoms with Gasteiger partial charge in [0, 0.05) is 61.5 Å². The number of rotatable bonds is 6. The van der Waals surface area contributed by atoms with Gasteiger partial charge in [-0.05, 0) is 76.8 Å². The number of ether oxygens (including phenoxy) is 1. The maximum Gasteiger partial charge on any atom is 0.410 e. The number of aromatic nitrogens is 6. The summed E-state index contributed by atoms with van der Waals surface area (Å²) in [5.74, 6) is 2.25. The van der Waals surface area contributed by atoms with E-state index < -0.39 is 18.3 Å². The molecule has 0 saturated carbocycles. The predicted molar refractivity (Wildman–Crippen MR) is 164 cm³/mol. The lowest BCUT2D eigenvalue weighted by molar-refractivity contribution is -0.142. The van der Waals surface area contributed by atoms with Crippen LogP contribution in [0.2, 0.25) is 0 Å². The molecule has 240 valence electrons. The number of amides is 1. The molecule has 2 aliphatic heterocycles. The van der Waals surface area contributed by atoms with E-state index in [2.05, 4.69) is 20.0 Å². The summed E-state index contributed by atoms with van der Waals surface area (Å²) in [6.45, 7) is 7.99. The zero-order valence-corrected chi connectivity index (χ0v) is 25.8. The fourth-order valence-corrected chi connectivity index (χ4v) is 6.29. The number of piperidine rings is 2. The van der Waals surface area contributed by atoms with Crippen LogP contribution in [0.1, 0.15) is 52.9 Å². The fraction of sp³-hybridized carbons (Fsp3) is 0.531. The van der Waals surface area contributed by atoms with Gasteiger partial charge >= 0.3 is 12.3 Å². The molecule has 0 bridgehead atoms. The second-order valence-corrected chi connectivity index (χ2v) is 13.2. The number of nitrogens with one attached hydrogen (secondary N) is 1. The number of carbonyl (C=O) groups is 1. The highest BCUT2D eigenvalue weighted by Gasteiger charge is 2.30. The van der Waals surface area contributed by atoms with Gasteiger partial charge in [-0.15, -0.1) is 0 Å². The van der Waals surface area contributed by atoms with Gasteiger partial charge in [0.05, 0.1) is 18.1 Å². The van der Waals surface area contributed by atoms with E-state index in [1.165, 1.54) is 18.8 Å². The molecule has 4 aromatic rings. The molecule has 2 saturated heterocycles. The van der Waals surface area contributed by atoms with Crippen LogP contribution in [0.15, 0.2) is 43.1 Å². The normalized spacial score (nSPS) is 17.3. The van der Waals surface area contributed by atoms with Crippen molar-refractivity contribution in [3.63, 3.8) is 0 Å². The number of nitrogens with zero attached hydrogens (tertiary/aromatic N) is 7. The second-order valence-electron chi connectivity index (χ2n) is 13.2. The van der Waals surface area contributed by atoms with Crippen molar-refractivity contribution in [2.24, 2.45) is 11.8 Å². The Bertz CT molecular complexity index is 1610. The van der Waals surface area contributed by atoms with Crippen molar-refractivity contribution in [2.45, 2.75) is 71.2 Å². The summed E-state index contributed by atoms with van der Waals surface area (Å²) in [5.41, 5.74) is 3.22. The van der Waals surface area contributed by atoms with E-state index in [1.54, 1.807) is 18.6 Å². The third-order valence-electron chi connectivity index (χ3n) is 8.58. The third kappa shape index (κ3) is 7.56. The Morgan fingerprint density at radius 3 is 2.31 bits per heavy atom. The number of likely N-dealkylation sites (tertiary alicyclic amines) is 1. The molecule has 2 fully saturated rings. The zero-order chi connectivity index (χ0) is 31.8. The predicted octanol–water partition coefficient (Wildman–Crippen LogP) is 6.70. The van der Waals surface area contributed by atoms with Crippen molar-refractivity contribution in [3.05, 3.63) is 43.1 Å². The van der Waals surface area contributed by atoms with Gasteiger partial charge in [-0.3, -0.25) is 4.68 Å². The SMILES string of the molecule is CC(C)(C)OC(=O)N1CCC(CC2CCN(c3ccc(-c4cnc5[nH]cc(-c6cnn(CC(F)(F)F)c6)c5n4)cn3)CC2)CC1. The molecular formula is C32H39F3N8O2. The Morgan fingerprint density at radius 1 is 0.956 bits per heavy atom. The zero-order valence-electron chi connectivity index (χ0n) is 25.8. The minimum absolute atomic E-state index is 0.203. The van der Waals surface area contributed by atoms with E-state index in [0.717, 1.165) is 67.9 Å². The molecule has 0 unspecified atom stereocenters. The average Bonchev–Trinajstić information content (AvgIpc) is 3.62. The monoisotopic (exact) mass is 624 g/mol. The lowest BCUT2D eigenvalue weighted by atomic mass is 9.83. The summed E-state index contributed by atoms with van der Waals surface area (Å²) in [5, 5.41) is 3.85. The molecule has 0 spiro atoms. The first-order chi connectivity index (χ1) is 21.4. The van der Waals surface area contributed by atoms with Crippen molar-refractivity contribution >= 4 is 23.1 Å². The number of carbonyl (C=O) groups excluding carboxylic acids is 1. The van der Waals surface area contributed by atoms with Crippen LogP contribution in [0.3, 0.4) is 0 Å². The van der Waals surface area contributed by atoms with Crippen LogP contribution in [0.4, 0.5) is 23.8 Å². The van der Waals surface area contributed by atoms with Crippen molar-refractivity contribution in [1.29, 1.82) is 0 Å². The molecule has 2 aliphatic rings. The van der Waals surface area contributed by atoms with Crippen molar-refractivity contribution < 1.29 is 22.7 Å². The maximum absolute atomic E-state index is 12.8. The third-order valence-corrected chi connectivity index (χ3v) is 8.58. The Kier molecular flexibility index (Phi) is 8.45. The first-order valence-electron chi connectivity index (χ1n) is 15.5. The fourth-order valence-electron chi connectivity index (χ4n) is 6.29. The number of fused-ring (bicyclic) bond motifs is 1. The van der Waals surface area contributed by atoms with Crippen LogP contribution in [-0.2, 0) is 11.3 Å². The number of hydrogen-bond acceptors (Lipinski definition) is 7. The minimum Gasteiger partial charge on any atom is -0.444 e. The molecule has 6 heterocycles. The molecule has 4 aromatic heterocycles. The highest BCUT2D eigenvalue weighted by atomic mass is 19.4. The molecule has 45 heavy (non-hydrogen) atoms. The molecule has 1 amide bonds. The Balaban J connectivity index is 1.03. The van der Waals surface area contributed by atoms with Crippen LogP contribution in [0.25, 0.3) is 33.5 Å². The Hall–Kier alpha value is -4.16. The number of hydrogen-bond donors (Lipinski definition) is 1. The van der Waals surface area contributed by atoms with Gasteiger partial charge < -0.3 is 19.5 Å². The highest BCUT2D eigenvalue weighted by Crippen LogP contribution is 2.33. The lowest BCUT2D eigenvalue weighted by Crippen LogP contribution is -2.42. The summed E-state index contributed by atoms with van der Waals surface area (Å²) < 4.78 is 44.8. The smallest absolute Gasteiger partial charge is 0.410 e. The van der Waals surface area contributed by atoms with E-state index in [0.29, 0.717) is 39.8 Å². The van der Waals surface area contributed by atoms with Crippen LogP contribution in [0.5, 0.6) is 0 Å². The number of anilines is 1. The summed E-state index contributed by atoms with van der Waals surface area (Å²) in [6, 6.07) is 3.99. The van der Waals surface area contributed by atoms with Gasteiger partial charge in [0.15, 0.2) is 5.65 Å². The maximum atomic E-state index is 12.8. The summed E-state index contributed by atoms with van der Waals surface area (Å²) in [7, 11) is 0. The molecular weight excluding hydrogens is 585 g/mol. The topological polar surface area (TPSA) is 105 Å². The molecule has 0 atom stereocenters. The van der Waals surface area contributed by atoms with Crippen molar-refractivity contribution in [2.75, 3.05) is 31.1 Å². The molecule has 13 heteroatoms. The Labute approximate surface area is 260 Å². The summed E-state index contributed by atoms with van der Waals surface area (Å²) in [6.07, 6.45) is 8.85. The summed E-state index contributed by atoms with van der Waals surface area (Å²) in [4.78, 5) is 33.6. The van der Waals surface area contributed by atoms with Crippen LogP contribution < -0.4 is 4.90 Å². The van der Waals surface area contributed by atoms with Crippen molar-refractivity contribution in [1.82, 2.24) is 34.6 Å². The standard InChI is InChI=1S/C32H39F3N8O2/c1-31(2,3)45-30(44)42-12-8-22(9-13-42)14-21-6-10-41(11-7-21)27-5-4-23(15-36-27)26-18-38-29-28(40-26)25(17-37-29)24-16-39-43(19-24)20-32(33,34)35/h4-5,15-19,21-22H,6-14,20H2,1-3H3,(H,37,38). The van der Waals surface area contributed by atoms with E-state index in [4.69, 9.17) is 14.7 Å². The van der Waals surface area contributed by atoms with E-state index >= 15 is 0 Å². The van der Waals surface area contributed by atoms with E-state index in [9.17, 15) is 18.0 Å². The molecule has 1 N–H and O–H groups in total. The molecule has 0 radical (unpaired) electrons. The van der Waals surface area contributed by atoms with Gasteiger partial charge in [0.2, 0.25) is 0 Å². The van der Waals surface area contributed by atoms with Crippen molar-refractivity contribution in [3.8, 4) is 22.4 Å². The molecule has 10 nitrogen and oxygen atoms in total. The first kappa shape index (κ1) is 30.8. The van der Waals surface area contributed by atoms with Gasteiger partial charge in [0.25, 0.3) is 0 Å². The van der Waals surface area contributed by atoms with Gasteiger partial charge in [-0.2, -0.15) is 18.3 Å². The quantitative estimate of drug-likeness (QED) is 0.255. The molecule has 0 aromatic carbocycles.